The van der Waals surface area contributed by atoms with Crippen LogP contribution < -0.4 is 5.32 Å². The van der Waals surface area contributed by atoms with Gasteiger partial charge in [-0.15, -0.1) is 0 Å². The Kier molecular flexibility index (Phi) is 2.28. The fraction of sp³-hybridized carbons (Fsp3) is 0.667. The highest BCUT2D eigenvalue weighted by molar-refractivity contribution is 7.80. The van der Waals surface area contributed by atoms with Crippen molar-refractivity contribution in [1.29, 1.82) is 0 Å². The third-order valence-electron chi connectivity index (χ3n) is 1.51. The van der Waals surface area contributed by atoms with E-state index in [1.54, 1.807) is 0 Å². The normalized spacial score (nSPS) is 24.6. The highest BCUT2D eigenvalue weighted by atomic mass is 32.1. The first kappa shape index (κ1) is 8.26. The van der Waals surface area contributed by atoms with E-state index in [1.807, 2.05) is 6.92 Å². The lowest BCUT2D eigenvalue weighted by Crippen LogP contribution is -2.53. The molecule has 62 valence electrons. The van der Waals surface area contributed by atoms with Gasteiger partial charge in [0, 0.05) is 12.6 Å². The zero-order valence-corrected chi connectivity index (χ0v) is 7.02. The smallest absolute Gasteiger partial charge is 0.407 e. The largest absolute Gasteiger partial charge is 0.465 e. The molecule has 1 rings (SSSR count). The second-order valence-electron chi connectivity index (χ2n) is 2.63. The summed E-state index contributed by atoms with van der Waals surface area (Å²) in [6, 6.07) is 0.132. The van der Waals surface area contributed by atoms with E-state index < -0.39 is 6.09 Å². The summed E-state index contributed by atoms with van der Waals surface area (Å²) < 4.78 is 0. The van der Waals surface area contributed by atoms with Gasteiger partial charge >= 0.3 is 6.09 Å². The van der Waals surface area contributed by atoms with Crippen molar-refractivity contribution >= 4 is 23.3 Å². The Morgan fingerprint density at radius 2 is 2.55 bits per heavy atom. The van der Waals surface area contributed by atoms with Crippen LogP contribution in [-0.4, -0.2) is 40.2 Å². The maximum absolute atomic E-state index is 10.5. The molecule has 5 heteroatoms. The Bertz CT molecular complexity index is 195. The third-order valence-corrected chi connectivity index (χ3v) is 1.75. The minimum Gasteiger partial charge on any atom is -0.465 e. The predicted molar refractivity (Wildman–Crippen MR) is 44.8 cm³/mol. The average molecular weight is 174 g/mol. The third kappa shape index (κ3) is 2.04. The minimum absolute atomic E-state index is 0.132. The molecule has 1 aliphatic rings. The first-order valence-corrected chi connectivity index (χ1v) is 3.77. The molecule has 0 aromatic carbocycles. The summed E-state index contributed by atoms with van der Waals surface area (Å²) in [4.78, 5) is 12.4. The summed E-state index contributed by atoms with van der Waals surface area (Å²) >= 11 is 4.86. The number of carbonyl (C=O) groups is 1. The summed E-state index contributed by atoms with van der Waals surface area (Å²) in [5, 5.41) is 11.6. The van der Waals surface area contributed by atoms with Gasteiger partial charge in [0.1, 0.15) is 0 Å². The molecule has 0 aliphatic carbocycles. The topological polar surface area (TPSA) is 52.6 Å². The summed E-state index contributed by atoms with van der Waals surface area (Å²) in [6.45, 7) is 2.74. The highest BCUT2D eigenvalue weighted by Gasteiger charge is 2.22. The molecular formula is C6H10N2O2S. The van der Waals surface area contributed by atoms with Gasteiger partial charge < -0.3 is 10.4 Å². The number of piperazine rings is 1. The van der Waals surface area contributed by atoms with Gasteiger partial charge in [-0.2, -0.15) is 0 Å². The first-order chi connectivity index (χ1) is 5.09. The summed E-state index contributed by atoms with van der Waals surface area (Å²) in [6.07, 6.45) is -0.902. The number of hydrogen-bond acceptors (Lipinski definition) is 2. The van der Waals surface area contributed by atoms with E-state index >= 15 is 0 Å². The van der Waals surface area contributed by atoms with E-state index in [9.17, 15) is 4.79 Å². The maximum Gasteiger partial charge on any atom is 0.407 e. The molecule has 11 heavy (non-hydrogen) atoms. The van der Waals surface area contributed by atoms with E-state index in [-0.39, 0.29) is 6.04 Å². The van der Waals surface area contributed by atoms with Gasteiger partial charge in [-0.05, 0) is 6.92 Å². The fourth-order valence-electron chi connectivity index (χ4n) is 1.08. The van der Waals surface area contributed by atoms with Crippen LogP contribution in [0, 0.1) is 0 Å². The lowest BCUT2D eigenvalue weighted by atomic mass is 10.2. The molecule has 0 saturated carbocycles. The van der Waals surface area contributed by atoms with Gasteiger partial charge in [0.2, 0.25) is 0 Å². The van der Waals surface area contributed by atoms with Crippen LogP contribution in [0.4, 0.5) is 4.79 Å². The van der Waals surface area contributed by atoms with E-state index in [0.717, 1.165) is 0 Å². The second kappa shape index (κ2) is 3.04. The number of carboxylic acid groups (broad SMARTS) is 1. The molecule has 0 radical (unpaired) electrons. The minimum atomic E-state index is -0.902. The maximum atomic E-state index is 10.5. The molecule has 1 aliphatic heterocycles. The molecule has 1 heterocycles. The lowest BCUT2D eigenvalue weighted by molar-refractivity contribution is 0.145. The Labute approximate surface area is 70.2 Å². The van der Waals surface area contributed by atoms with E-state index in [4.69, 9.17) is 17.3 Å². The number of amides is 1. The fourth-order valence-corrected chi connectivity index (χ4v) is 1.44. The number of thiocarbonyl (C=S) groups is 1. The number of hydrogen-bond donors (Lipinski definition) is 2. The van der Waals surface area contributed by atoms with Crippen molar-refractivity contribution in [3.05, 3.63) is 0 Å². The van der Waals surface area contributed by atoms with Crippen LogP contribution in [-0.2, 0) is 0 Å². The lowest BCUT2D eigenvalue weighted by Gasteiger charge is -2.30. The number of rotatable bonds is 0. The van der Waals surface area contributed by atoms with Gasteiger partial charge in [-0.1, -0.05) is 12.2 Å². The Morgan fingerprint density at radius 3 is 3.00 bits per heavy atom. The van der Waals surface area contributed by atoms with Crippen LogP contribution in [0.1, 0.15) is 6.92 Å². The van der Waals surface area contributed by atoms with Gasteiger partial charge in [-0.3, -0.25) is 4.90 Å². The quantitative estimate of drug-likeness (QED) is 0.518. The Balaban J connectivity index is 2.56. The highest BCUT2D eigenvalue weighted by Crippen LogP contribution is 2.00. The van der Waals surface area contributed by atoms with Crippen molar-refractivity contribution in [3.63, 3.8) is 0 Å². The van der Waals surface area contributed by atoms with Gasteiger partial charge in [-0.25, -0.2) is 4.79 Å². The molecule has 1 amide bonds. The van der Waals surface area contributed by atoms with E-state index in [2.05, 4.69) is 5.32 Å². The monoisotopic (exact) mass is 174 g/mol. The molecule has 0 unspecified atom stereocenters. The molecule has 2 N–H and O–H groups in total. The molecule has 4 nitrogen and oxygen atoms in total. The summed E-state index contributed by atoms with van der Waals surface area (Å²) in [5.74, 6) is 0. The molecule has 1 saturated heterocycles. The van der Waals surface area contributed by atoms with Crippen molar-refractivity contribution in [1.82, 2.24) is 10.2 Å². The van der Waals surface area contributed by atoms with Crippen molar-refractivity contribution in [2.45, 2.75) is 13.0 Å². The molecule has 1 fully saturated rings. The standard InChI is InChI=1S/C6H10N2O2S/c1-4-2-8(6(9)10)3-5(11)7-4/h4H,2-3H2,1H3,(H,7,11)(H,9,10)/t4-/m0/s1. The predicted octanol–water partition coefficient (Wildman–Crippen LogP) is 0.285. The van der Waals surface area contributed by atoms with Crippen LogP contribution in [0.5, 0.6) is 0 Å². The molecular weight excluding hydrogens is 164 g/mol. The first-order valence-electron chi connectivity index (χ1n) is 3.37. The van der Waals surface area contributed by atoms with Crippen molar-refractivity contribution in [3.8, 4) is 0 Å². The molecule has 0 aromatic rings. The zero-order chi connectivity index (χ0) is 8.43. The second-order valence-corrected chi connectivity index (χ2v) is 3.12. The van der Waals surface area contributed by atoms with Gasteiger partial charge in [0.05, 0.1) is 11.5 Å². The van der Waals surface area contributed by atoms with Crippen molar-refractivity contribution < 1.29 is 9.90 Å². The van der Waals surface area contributed by atoms with Crippen molar-refractivity contribution in [2.75, 3.05) is 13.1 Å². The summed E-state index contributed by atoms with van der Waals surface area (Å²) in [5.41, 5.74) is 0. The van der Waals surface area contributed by atoms with E-state index in [1.165, 1.54) is 4.90 Å². The Morgan fingerprint density at radius 1 is 1.91 bits per heavy atom. The molecule has 1 atom stereocenters. The van der Waals surface area contributed by atoms with Crippen molar-refractivity contribution in [2.24, 2.45) is 0 Å². The van der Waals surface area contributed by atoms with Crippen LogP contribution in [0.15, 0.2) is 0 Å². The van der Waals surface area contributed by atoms with Gasteiger partial charge in [0.15, 0.2) is 0 Å². The summed E-state index contributed by atoms with van der Waals surface area (Å²) in [7, 11) is 0. The van der Waals surface area contributed by atoms with Crippen LogP contribution in [0.2, 0.25) is 0 Å². The van der Waals surface area contributed by atoms with Gasteiger partial charge in [0.25, 0.3) is 0 Å². The van der Waals surface area contributed by atoms with Crippen LogP contribution >= 0.6 is 12.2 Å². The van der Waals surface area contributed by atoms with Crippen LogP contribution in [0.25, 0.3) is 0 Å². The Hall–Kier alpha value is -0.840. The zero-order valence-electron chi connectivity index (χ0n) is 6.20. The van der Waals surface area contributed by atoms with E-state index in [0.29, 0.717) is 18.1 Å². The molecule has 0 spiro atoms. The number of nitrogens with zero attached hydrogens (tertiary/aromatic N) is 1. The van der Waals surface area contributed by atoms with Crippen LogP contribution in [0.3, 0.4) is 0 Å². The average Bonchev–Trinajstić information content (AvgIpc) is 1.85. The number of nitrogens with one attached hydrogen (secondary N) is 1. The molecule has 0 aromatic heterocycles. The SMILES string of the molecule is C[C@H]1CN(C(=O)O)CC(=S)N1. The molecule has 0 bridgehead atoms.